The zero-order valence-corrected chi connectivity index (χ0v) is 12.0. The van der Waals surface area contributed by atoms with E-state index in [2.05, 4.69) is 35.9 Å². The van der Waals surface area contributed by atoms with Gasteiger partial charge in [0.2, 0.25) is 5.91 Å². The highest BCUT2D eigenvalue weighted by Crippen LogP contribution is 2.22. The van der Waals surface area contributed by atoms with Crippen LogP contribution in [0.3, 0.4) is 0 Å². The number of nitrogens with one attached hydrogen (secondary N) is 1. The lowest BCUT2D eigenvalue weighted by Gasteiger charge is -2.41. The van der Waals surface area contributed by atoms with Gasteiger partial charge in [-0.2, -0.15) is 0 Å². The van der Waals surface area contributed by atoms with E-state index in [1.54, 1.807) is 0 Å². The first-order valence-electron chi connectivity index (χ1n) is 7.35. The number of carbonyl (C=O) groups excluding carboxylic acids is 1. The molecular formula is C14H27N3O. The topological polar surface area (TPSA) is 35.6 Å². The van der Waals surface area contributed by atoms with E-state index >= 15 is 0 Å². The largest absolute Gasteiger partial charge is 0.336 e. The lowest BCUT2D eigenvalue weighted by molar-refractivity contribution is -0.139. The Hall–Kier alpha value is -0.610. The van der Waals surface area contributed by atoms with E-state index in [9.17, 15) is 4.79 Å². The van der Waals surface area contributed by atoms with Crippen LogP contribution in [0, 0.1) is 0 Å². The minimum absolute atomic E-state index is 0.323. The smallest absolute Gasteiger partial charge is 0.237 e. The second-order valence-electron chi connectivity index (χ2n) is 5.95. The molecular weight excluding hydrogens is 226 g/mol. The maximum Gasteiger partial charge on any atom is 0.237 e. The van der Waals surface area contributed by atoms with Crippen LogP contribution >= 0.6 is 0 Å². The molecule has 0 aromatic heterocycles. The molecule has 4 nitrogen and oxygen atoms in total. The second kappa shape index (κ2) is 6.02. The first-order valence-corrected chi connectivity index (χ1v) is 7.35. The van der Waals surface area contributed by atoms with Crippen LogP contribution in [0.2, 0.25) is 0 Å². The average Bonchev–Trinajstić information content (AvgIpc) is 2.32. The van der Waals surface area contributed by atoms with Gasteiger partial charge in [-0.25, -0.2) is 0 Å². The van der Waals surface area contributed by atoms with Crippen LogP contribution in [-0.4, -0.2) is 60.0 Å². The van der Waals surface area contributed by atoms with E-state index in [4.69, 9.17) is 0 Å². The zero-order valence-electron chi connectivity index (χ0n) is 12.0. The van der Waals surface area contributed by atoms with Crippen molar-refractivity contribution in [2.75, 3.05) is 26.2 Å². The molecule has 0 bridgehead atoms. The lowest BCUT2D eigenvalue weighted by Crippen LogP contribution is -2.56. The average molecular weight is 253 g/mol. The summed E-state index contributed by atoms with van der Waals surface area (Å²) in [4.78, 5) is 16.9. The summed E-state index contributed by atoms with van der Waals surface area (Å²) >= 11 is 0. The quantitative estimate of drug-likeness (QED) is 0.799. The van der Waals surface area contributed by atoms with Crippen LogP contribution in [0.4, 0.5) is 0 Å². The van der Waals surface area contributed by atoms with Crippen LogP contribution in [0.1, 0.15) is 40.0 Å². The molecule has 2 rings (SSSR count). The molecule has 2 saturated heterocycles. The van der Waals surface area contributed by atoms with Crippen molar-refractivity contribution in [2.24, 2.45) is 0 Å². The Labute approximate surface area is 111 Å². The highest BCUT2D eigenvalue weighted by Gasteiger charge is 2.30. The van der Waals surface area contributed by atoms with Gasteiger partial charge in [0.15, 0.2) is 0 Å². The minimum atomic E-state index is 0.323. The SMILES string of the molecule is CC1CCCC(C)N1C(=O)CN1CCNC[C@@H]1C. The van der Waals surface area contributed by atoms with Crippen LogP contribution in [0.25, 0.3) is 0 Å². The van der Waals surface area contributed by atoms with Gasteiger partial charge in [-0.3, -0.25) is 9.69 Å². The summed E-state index contributed by atoms with van der Waals surface area (Å²) in [5.74, 6) is 0.323. The summed E-state index contributed by atoms with van der Waals surface area (Å²) in [6, 6.07) is 1.30. The van der Waals surface area contributed by atoms with E-state index in [1.807, 2.05) is 0 Å². The minimum Gasteiger partial charge on any atom is -0.336 e. The Morgan fingerprint density at radius 3 is 2.44 bits per heavy atom. The number of hydrogen-bond acceptors (Lipinski definition) is 3. The molecule has 0 radical (unpaired) electrons. The molecule has 0 aromatic carbocycles. The van der Waals surface area contributed by atoms with Gasteiger partial charge in [-0.15, -0.1) is 0 Å². The van der Waals surface area contributed by atoms with Gasteiger partial charge in [0.05, 0.1) is 6.54 Å². The zero-order chi connectivity index (χ0) is 13.1. The van der Waals surface area contributed by atoms with Gasteiger partial charge >= 0.3 is 0 Å². The van der Waals surface area contributed by atoms with Crippen molar-refractivity contribution in [1.29, 1.82) is 0 Å². The number of nitrogens with zero attached hydrogens (tertiary/aromatic N) is 2. The fourth-order valence-electron chi connectivity index (χ4n) is 3.29. The summed E-state index contributed by atoms with van der Waals surface area (Å²) < 4.78 is 0. The Bertz CT molecular complexity index is 285. The third-order valence-electron chi connectivity index (χ3n) is 4.46. The van der Waals surface area contributed by atoms with Gasteiger partial charge in [0, 0.05) is 37.8 Å². The monoisotopic (exact) mass is 253 g/mol. The normalized spacial score (nSPS) is 34.6. The molecule has 2 aliphatic rings. The van der Waals surface area contributed by atoms with Gasteiger partial charge in [-0.05, 0) is 40.0 Å². The van der Waals surface area contributed by atoms with Gasteiger partial charge in [0.1, 0.15) is 0 Å². The number of hydrogen-bond donors (Lipinski definition) is 1. The van der Waals surface area contributed by atoms with Gasteiger partial charge < -0.3 is 10.2 Å². The van der Waals surface area contributed by atoms with E-state index in [-0.39, 0.29) is 0 Å². The van der Waals surface area contributed by atoms with Crippen molar-refractivity contribution in [2.45, 2.75) is 58.2 Å². The first kappa shape index (κ1) is 13.8. The molecule has 4 heteroatoms. The predicted octanol–water partition coefficient (Wildman–Crippen LogP) is 1.07. The molecule has 18 heavy (non-hydrogen) atoms. The van der Waals surface area contributed by atoms with Crippen molar-refractivity contribution in [1.82, 2.24) is 15.1 Å². The fraction of sp³-hybridized carbons (Fsp3) is 0.929. The summed E-state index contributed by atoms with van der Waals surface area (Å²) in [5, 5.41) is 3.37. The first-order chi connectivity index (χ1) is 8.59. The Morgan fingerprint density at radius 1 is 1.17 bits per heavy atom. The van der Waals surface area contributed by atoms with Gasteiger partial charge in [0.25, 0.3) is 0 Å². The molecule has 0 saturated carbocycles. The van der Waals surface area contributed by atoms with E-state index in [0.29, 0.717) is 30.6 Å². The van der Waals surface area contributed by atoms with Crippen LogP contribution in [0.15, 0.2) is 0 Å². The van der Waals surface area contributed by atoms with E-state index < -0.39 is 0 Å². The Balaban J connectivity index is 1.93. The molecule has 1 amide bonds. The van der Waals surface area contributed by atoms with E-state index in [1.165, 1.54) is 6.42 Å². The van der Waals surface area contributed by atoms with Crippen LogP contribution in [-0.2, 0) is 4.79 Å². The molecule has 2 heterocycles. The maximum atomic E-state index is 12.5. The molecule has 1 N–H and O–H groups in total. The lowest BCUT2D eigenvalue weighted by atomic mass is 9.97. The summed E-state index contributed by atoms with van der Waals surface area (Å²) in [5.41, 5.74) is 0. The number of likely N-dealkylation sites (tertiary alicyclic amines) is 1. The van der Waals surface area contributed by atoms with Crippen molar-refractivity contribution >= 4 is 5.91 Å². The number of amides is 1. The van der Waals surface area contributed by atoms with Crippen LogP contribution < -0.4 is 5.32 Å². The highest BCUT2D eigenvalue weighted by molar-refractivity contribution is 5.79. The predicted molar refractivity (Wildman–Crippen MR) is 73.5 cm³/mol. The third kappa shape index (κ3) is 3.04. The van der Waals surface area contributed by atoms with E-state index in [0.717, 1.165) is 32.5 Å². The molecule has 0 spiro atoms. The standard InChI is InChI=1S/C14H27N3O/c1-11-5-4-6-12(2)17(11)14(18)10-16-8-7-15-9-13(16)3/h11-13,15H,4-10H2,1-3H3/t11?,12?,13-/m0/s1. The van der Waals surface area contributed by atoms with Gasteiger partial charge in [-0.1, -0.05) is 0 Å². The third-order valence-corrected chi connectivity index (χ3v) is 4.46. The highest BCUT2D eigenvalue weighted by atomic mass is 16.2. The van der Waals surface area contributed by atoms with Crippen LogP contribution in [0.5, 0.6) is 0 Å². The maximum absolute atomic E-state index is 12.5. The summed E-state index contributed by atoms with van der Waals surface area (Å²) in [6.45, 7) is 10.2. The second-order valence-corrected chi connectivity index (χ2v) is 5.95. The number of piperazine rings is 1. The summed E-state index contributed by atoms with van der Waals surface area (Å²) in [6.07, 6.45) is 3.58. The molecule has 2 aliphatic heterocycles. The molecule has 2 fully saturated rings. The number of carbonyl (C=O) groups is 1. The van der Waals surface area contributed by atoms with Crippen molar-refractivity contribution in [3.63, 3.8) is 0 Å². The molecule has 104 valence electrons. The molecule has 3 atom stereocenters. The number of piperidine rings is 1. The van der Waals surface area contributed by atoms with Crippen molar-refractivity contribution in [3.05, 3.63) is 0 Å². The van der Waals surface area contributed by atoms with Crippen molar-refractivity contribution < 1.29 is 4.79 Å². The van der Waals surface area contributed by atoms with Crippen molar-refractivity contribution in [3.8, 4) is 0 Å². The fourth-order valence-corrected chi connectivity index (χ4v) is 3.29. The Kier molecular flexibility index (Phi) is 4.62. The number of rotatable bonds is 2. The summed E-state index contributed by atoms with van der Waals surface area (Å²) in [7, 11) is 0. The molecule has 0 aliphatic carbocycles. The molecule has 0 aromatic rings. The molecule has 2 unspecified atom stereocenters. The Morgan fingerprint density at radius 2 is 1.83 bits per heavy atom.